The molecule has 0 atom stereocenters. The number of hydrogen-bond acceptors (Lipinski definition) is 3. The molecule has 94 valence electrons. The van der Waals surface area contributed by atoms with Crippen molar-refractivity contribution in [1.82, 2.24) is 5.10 Å². The largest absolute Gasteiger partial charge is 0.402 e. The normalized spacial score (nSPS) is 10.6. The third-order valence-electron chi connectivity index (χ3n) is 2.86. The maximum Gasteiger partial charge on any atom is 0.237 e. The molecule has 2 nitrogen and oxygen atoms in total. The highest BCUT2D eigenvalue weighted by Gasteiger charge is 2.16. The van der Waals surface area contributed by atoms with Crippen LogP contribution in [0.1, 0.15) is 5.56 Å². The number of benzene rings is 2. The summed E-state index contributed by atoms with van der Waals surface area (Å²) in [6.45, 7) is 2.08. The number of para-hydroxylation sites is 1. The number of rotatable bonds is 2. The zero-order valence-corrected chi connectivity index (χ0v) is 12.0. The van der Waals surface area contributed by atoms with Gasteiger partial charge in [-0.25, -0.2) is 0 Å². The van der Waals surface area contributed by atoms with Gasteiger partial charge < -0.3 is 12.6 Å². The fourth-order valence-corrected chi connectivity index (χ4v) is 2.99. The van der Waals surface area contributed by atoms with E-state index in [4.69, 9.17) is 12.6 Å². The van der Waals surface area contributed by atoms with Crippen LogP contribution >= 0.6 is 11.3 Å². The second kappa shape index (κ2) is 5.07. The SMILES string of the molecule is Cc1ccc(-c2sc([S-])n[n+]2-c2ccccc2)cc1. The first-order valence-corrected chi connectivity index (χ1v) is 7.19. The fourth-order valence-electron chi connectivity index (χ4n) is 1.89. The topological polar surface area (TPSA) is 16.8 Å². The summed E-state index contributed by atoms with van der Waals surface area (Å²) in [5.41, 5.74) is 3.42. The molecule has 0 unspecified atom stereocenters. The van der Waals surface area contributed by atoms with E-state index in [1.807, 2.05) is 35.0 Å². The Hall–Kier alpha value is -1.78. The first-order valence-electron chi connectivity index (χ1n) is 5.97. The van der Waals surface area contributed by atoms with E-state index >= 15 is 0 Å². The average Bonchev–Trinajstić information content (AvgIpc) is 2.83. The van der Waals surface area contributed by atoms with Crippen molar-refractivity contribution in [3.63, 3.8) is 0 Å². The van der Waals surface area contributed by atoms with Crippen LogP contribution in [0.5, 0.6) is 0 Å². The molecule has 4 heteroatoms. The molecule has 19 heavy (non-hydrogen) atoms. The van der Waals surface area contributed by atoms with E-state index in [2.05, 4.69) is 36.3 Å². The van der Waals surface area contributed by atoms with Crippen LogP contribution in [0.25, 0.3) is 16.3 Å². The highest BCUT2D eigenvalue weighted by atomic mass is 32.2. The molecule has 2 aromatic carbocycles. The zero-order chi connectivity index (χ0) is 13.2. The lowest BCUT2D eigenvalue weighted by molar-refractivity contribution is -0.646. The Balaban J connectivity index is 2.15. The van der Waals surface area contributed by atoms with Crippen molar-refractivity contribution in [2.24, 2.45) is 0 Å². The summed E-state index contributed by atoms with van der Waals surface area (Å²) >= 11 is 6.77. The highest BCUT2D eigenvalue weighted by molar-refractivity contribution is 7.62. The van der Waals surface area contributed by atoms with Gasteiger partial charge in [0.25, 0.3) is 0 Å². The van der Waals surface area contributed by atoms with Crippen LogP contribution in [0.4, 0.5) is 0 Å². The molecule has 0 bridgehead atoms. The Bertz CT molecular complexity index is 688. The van der Waals surface area contributed by atoms with Gasteiger partial charge in [-0.1, -0.05) is 40.6 Å². The summed E-state index contributed by atoms with van der Waals surface area (Å²) in [5.74, 6) is 0. The Morgan fingerprint density at radius 2 is 1.68 bits per heavy atom. The summed E-state index contributed by atoms with van der Waals surface area (Å²) in [7, 11) is 0. The number of hydrogen-bond donors (Lipinski definition) is 0. The molecule has 0 aliphatic rings. The van der Waals surface area contributed by atoms with Crippen molar-refractivity contribution in [3.8, 4) is 16.3 Å². The van der Waals surface area contributed by atoms with Crippen LogP contribution in [0.15, 0.2) is 58.9 Å². The molecular weight excluding hydrogens is 272 g/mol. The Labute approximate surface area is 121 Å². The molecule has 0 saturated carbocycles. The third-order valence-corrected chi connectivity index (χ3v) is 4.05. The minimum absolute atomic E-state index is 0.652. The molecule has 1 heterocycles. The van der Waals surface area contributed by atoms with Crippen LogP contribution in [0.3, 0.4) is 0 Å². The van der Waals surface area contributed by atoms with Crippen LogP contribution in [-0.4, -0.2) is 5.10 Å². The maximum absolute atomic E-state index is 5.23. The van der Waals surface area contributed by atoms with E-state index in [-0.39, 0.29) is 0 Å². The minimum Gasteiger partial charge on any atom is -0.402 e. The van der Waals surface area contributed by atoms with Gasteiger partial charge in [0.15, 0.2) is 0 Å². The lowest BCUT2D eigenvalue weighted by Crippen LogP contribution is -2.34. The van der Waals surface area contributed by atoms with Gasteiger partial charge in [0.2, 0.25) is 10.7 Å². The summed E-state index contributed by atoms with van der Waals surface area (Å²) in [4.78, 5) is 0. The Morgan fingerprint density at radius 3 is 2.37 bits per heavy atom. The zero-order valence-electron chi connectivity index (χ0n) is 10.4. The molecule has 0 aliphatic heterocycles. The van der Waals surface area contributed by atoms with Crippen molar-refractivity contribution in [2.45, 2.75) is 11.3 Å². The minimum atomic E-state index is 0.652. The van der Waals surface area contributed by atoms with E-state index in [9.17, 15) is 0 Å². The summed E-state index contributed by atoms with van der Waals surface area (Å²) < 4.78 is 2.57. The molecule has 0 aliphatic carbocycles. The van der Waals surface area contributed by atoms with Gasteiger partial charge in [0.1, 0.15) is 0 Å². The standard InChI is InChI=1S/C15H12N2S2/c1-11-7-9-12(10-8-11)14-17(16-15(18)19-14)13-5-3-2-4-6-13/h2-10H,1H3. The van der Waals surface area contributed by atoms with Crippen LogP contribution in [0, 0.1) is 6.92 Å². The van der Waals surface area contributed by atoms with Crippen LogP contribution in [-0.2, 0) is 12.6 Å². The first kappa shape index (κ1) is 12.3. The molecule has 0 radical (unpaired) electrons. The van der Waals surface area contributed by atoms with Crippen molar-refractivity contribution in [1.29, 1.82) is 0 Å². The van der Waals surface area contributed by atoms with Crippen molar-refractivity contribution < 1.29 is 4.68 Å². The molecule has 1 aromatic heterocycles. The van der Waals surface area contributed by atoms with Crippen molar-refractivity contribution in [2.75, 3.05) is 0 Å². The lowest BCUT2D eigenvalue weighted by Gasteiger charge is -1.99. The first-order chi connectivity index (χ1) is 9.24. The van der Waals surface area contributed by atoms with E-state index in [1.165, 1.54) is 16.9 Å². The van der Waals surface area contributed by atoms with Crippen LogP contribution in [0.2, 0.25) is 0 Å². The fraction of sp³-hybridized carbons (Fsp3) is 0.0667. The van der Waals surface area contributed by atoms with E-state index in [0.717, 1.165) is 16.3 Å². The Kier molecular flexibility index (Phi) is 3.27. The predicted molar refractivity (Wildman–Crippen MR) is 79.5 cm³/mol. The second-order valence-corrected chi connectivity index (χ2v) is 5.91. The number of aryl methyl sites for hydroxylation is 1. The third kappa shape index (κ3) is 2.50. The quantitative estimate of drug-likeness (QED) is 0.530. The molecular formula is C15H12N2S2. The molecule has 0 amide bonds. The molecule has 3 rings (SSSR count). The van der Waals surface area contributed by atoms with E-state index in [1.54, 1.807) is 0 Å². The monoisotopic (exact) mass is 284 g/mol. The Morgan fingerprint density at radius 1 is 1.00 bits per heavy atom. The van der Waals surface area contributed by atoms with Crippen LogP contribution < -0.4 is 4.68 Å². The van der Waals surface area contributed by atoms with Gasteiger partial charge >= 0.3 is 0 Å². The summed E-state index contributed by atoms with van der Waals surface area (Å²) in [6.07, 6.45) is 0. The average molecular weight is 284 g/mol. The molecule has 3 aromatic rings. The lowest BCUT2D eigenvalue weighted by atomic mass is 10.1. The van der Waals surface area contributed by atoms with Gasteiger partial charge in [0, 0.05) is 22.0 Å². The van der Waals surface area contributed by atoms with Crippen molar-refractivity contribution in [3.05, 3.63) is 60.2 Å². The smallest absolute Gasteiger partial charge is 0.237 e. The maximum atomic E-state index is 5.23. The number of aromatic nitrogens is 2. The van der Waals surface area contributed by atoms with Gasteiger partial charge in [-0.05, 0) is 24.2 Å². The molecule has 0 saturated heterocycles. The van der Waals surface area contributed by atoms with Gasteiger partial charge in [-0.3, -0.25) is 11.3 Å². The van der Waals surface area contributed by atoms with Gasteiger partial charge in [0.05, 0.1) is 0 Å². The van der Waals surface area contributed by atoms with E-state index in [0.29, 0.717) is 4.34 Å². The molecule has 0 N–H and O–H groups in total. The van der Waals surface area contributed by atoms with Gasteiger partial charge in [-0.15, -0.1) is 0 Å². The molecule has 0 spiro atoms. The van der Waals surface area contributed by atoms with Gasteiger partial charge in [-0.2, -0.15) is 0 Å². The highest BCUT2D eigenvalue weighted by Crippen LogP contribution is 2.23. The number of nitrogens with zero attached hydrogens (tertiary/aromatic N) is 2. The molecule has 0 fully saturated rings. The second-order valence-electron chi connectivity index (χ2n) is 4.29. The summed E-state index contributed by atoms with van der Waals surface area (Å²) in [6, 6.07) is 18.5. The predicted octanol–water partition coefficient (Wildman–Crippen LogP) is 3.30. The van der Waals surface area contributed by atoms with Crippen molar-refractivity contribution >= 4 is 24.0 Å². The summed E-state index contributed by atoms with van der Waals surface area (Å²) in [5, 5.41) is 5.50. The van der Waals surface area contributed by atoms with E-state index < -0.39 is 0 Å².